The Morgan fingerprint density at radius 1 is 0.273 bits per heavy atom. The number of pyridine rings is 1. The molecule has 28 rings (SSSR count). The Balaban J connectivity index is 0.000000137. The monoisotopic (exact) mass is 1570 g/mol. The lowest BCUT2D eigenvalue weighted by Gasteiger charge is -2.61. The van der Waals surface area contributed by atoms with Crippen molar-refractivity contribution < 1.29 is 4.74 Å². The largest absolute Gasteiger partial charge is 0.455 e. The zero-order chi connectivity index (χ0) is 79.6. The fraction of sp³-hybridized carbons (Fsp3) is 0.181. The molecule has 121 heavy (non-hydrogen) atoms. The summed E-state index contributed by atoms with van der Waals surface area (Å²) in [6, 6.07) is 133. The molecule has 0 saturated heterocycles. The van der Waals surface area contributed by atoms with Gasteiger partial charge in [0.05, 0.1) is 27.4 Å². The van der Waals surface area contributed by atoms with Crippen LogP contribution in [0, 0.1) is 54.3 Å². The van der Waals surface area contributed by atoms with E-state index in [0.717, 1.165) is 108 Å². The van der Waals surface area contributed by atoms with E-state index in [0.29, 0.717) is 0 Å². The molecule has 582 valence electrons. The molecule has 4 nitrogen and oxygen atoms in total. The van der Waals surface area contributed by atoms with Crippen LogP contribution >= 0.6 is 11.8 Å². The normalized spacial score (nSPS) is 22.2. The summed E-state index contributed by atoms with van der Waals surface area (Å²) in [7, 11) is 0. The summed E-state index contributed by atoms with van der Waals surface area (Å²) in [6.07, 6.45) is 16.2. The third kappa shape index (κ3) is 11.4. The van der Waals surface area contributed by atoms with Gasteiger partial charge in [-0.15, -0.1) is 0 Å². The van der Waals surface area contributed by atoms with Crippen LogP contribution < -0.4 is 14.5 Å². The number of aryl methyl sites for hydroxylation is 1. The molecule has 0 radical (unpaired) electrons. The first-order valence-electron chi connectivity index (χ1n) is 44.3. The van der Waals surface area contributed by atoms with Gasteiger partial charge in [-0.3, -0.25) is 4.98 Å². The number of anilines is 6. The second kappa shape index (κ2) is 28.2. The minimum absolute atomic E-state index is 0.182. The number of hydrogen-bond donors (Lipinski definition) is 0. The van der Waals surface area contributed by atoms with Crippen LogP contribution in [0.15, 0.2) is 374 Å². The molecule has 10 aliphatic carbocycles. The molecule has 16 aromatic carbocycles. The molecule has 0 unspecified atom stereocenters. The van der Waals surface area contributed by atoms with E-state index < -0.39 is 0 Å². The quantitative estimate of drug-likeness (QED) is 0.120. The topological polar surface area (TPSA) is 28.6 Å². The third-order valence-electron chi connectivity index (χ3n) is 30.3. The first-order valence-corrected chi connectivity index (χ1v) is 45.1. The van der Waals surface area contributed by atoms with Gasteiger partial charge in [-0.25, -0.2) is 0 Å². The number of ether oxygens (including phenoxy) is 1. The lowest BCUT2D eigenvalue weighted by atomic mass is 9.43. The molecule has 0 atom stereocenters. The van der Waals surface area contributed by atoms with Gasteiger partial charge < -0.3 is 14.5 Å². The number of hydrogen-bond acceptors (Lipinski definition) is 5. The molecule has 0 amide bonds. The van der Waals surface area contributed by atoms with Gasteiger partial charge >= 0.3 is 0 Å². The Morgan fingerprint density at radius 2 is 0.711 bits per heavy atom. The van der Waals surface area contributed by atoms with Crippen LogP contribution in [0.1, 0.15) is 92.2 Å². The van der Waals surface area contributed by atoms with Crippen LogP contribution in [0.2, 0.25) is 0 Å². The summed E-state index contributed by atoms with van der Waals surface area (Å²) in [6.45, 7) is 2.16. The fourth-order valence-electron chi connectivity index (χ4n) is 25.7. The average molecular weight is 1580 g/mol. The summed E-state index contributed by atoms with van der Waals surface area (Å²) in [4.78, 5) is 12.1. The molecule has 8 saturated carbocycles. The number of aromatic nitrogens is 1. The maximum Gasteiger partial charge on any atom is 0.142 e. The van der Waals surface area contributed by atoms with E-state index in [-0.39, 0.29) is 10.8 Å². The van der Waals surface area contributed by atoms with E-state index in [4.69, 9.17) is 9.72 Å². The van der Waals surface area contributed by atoms with Crippen LogP contribution in [0.25, 0.3) is 110 Å². The highest BCUT2D eigenvalue weighted by Crippen LogP contribution is 2.72. The van der Waals surface area contributed by atoms with E-state index in [1.54, 1.807) is 34.0 Å². The van der Waals surface area contributed by atoms with Crippen molar-refractivity contribution in [2.24, 2.45) is 47.3 Å². The van der Waals surface area contributed by atoms with Crippen molar-refractivity contribution in [1.29, 1.82) is 0 Å². The highest BCUT2D eigenvalue weighted by atomic mass is 32.2. The third-order valence-corrected chi connectivity index (χ3v) is 31.4. The summed E-state index contributed by atoms with van der Waals surface area (Å²) in [5.41, 5.74) is 32.4. The summed E-state index contributed by atoms with van der Waals surface area (Å²) in [5.74, 6) is 8.65. The molecule has 11 aliphatic rings. The van der Waals surface area contributed by atoms with Crippen molar-refractivity contribution in [1.82, 2.24) is 4.98 Å². The highest BCUT2D eigenvalue weighted by molar-refractivity contribution is 7.99. The van der Waals surface area contributed by atoms with Crippen LogP contribution in [0.5, 0.6) is 11.5 Å². The predicted octanol–water partition coefficient (Wildman–Crippen LogP) is 31.5. The Labute approximate surface area is 713 Å². The molecule has 5 heteroatoms. The van der Waals surface area contributed by atoms with Gasteiger partial charge in [-0.1, -0.05) is 279 Å². The fourth-order valence-corrected chi connectivity index (χ4v) is 26.7. The van der Waals surface area contributed by atoms with Gasteiger partial charge in [0.25, 0.3) is 0 Å². The first-order chi connectivity index (χ1) is 59.8. The summed E-state index contributed by atoms with van der Waals surface area (Å²) < 4.78 is 6.88. The number of nitrogens with zero attached hydrogens (tertiary/aromatic N) is 3. The van der Waals surface area contributed by atoms with Gasteiger partial charge in [-0.05, 0) is 331 Å². The Morgan fingerprint density at radius 3 is 1.31 bits per heavy atom. The molecule has 8 bridgehead atoms. The zero-order valence-corrected chi connectivity index (χ0v) is 68.8. The Hall–Kier alpha value is -12.8. The van der Waals surface area contributed by atoms with Gasteiger partial charge in [0.2, 0.25) is 0 Å². The number of rotatable bonds is 11. The molecule has 8 fully saturated rings. The smallest absolute Gasteiger partial charge is 0.142 e. The Kier molecular flexibility index (Phi) is 16.6. The van der Waals surface area contributed by atoms with Gasteiger partial charge in [0.1, 0.15) is 11.5 Å². The molecule has 17 aromatic rings. The van der Waals surface area contributed by atoms with E-state index in [1.807, 2.05) is 6.20 Å². The average Bonchev–Trinajstić information content (AvgIpc) is 1.53. The van der Waals surface area contributed by atoms with Crippen molar-refractivity contribution >= 4 is 78.2 Å². The zero-order valence-electron chi connectivity index (χ0n) is 68.0. The van der Waals surface area contributed by atoms with E-state index in [1.165, 1.54) is 174 Å². The number of fused-ring (bicyclic) bond motifs is 12. The van der Waals surface area contributed by atoms with Gasteiger partial charge in [-0.2, -0.15) is 0 Å². The lowest BCUT2D eigenvalue weighted by molar-refractivity contribution is -0.0399. The first kappa shape index (κ1) is 71.1. The van der Waals surface area contributed by atoms with Crippen LogP contribution in [-0.2, 0) is 10.8 Å². The summed E-state index contributed by atoms with van der Waals surface area (Å²) in [5, 5.41) is 7.44. The van der Waals surface area contributed by atoms with Gasteiger partial charge in [0, 0.05) is 50.2 Å². The standard InChI is InChI=1S/C64H47NOS.C52H44N2/c1-3-13-50-41(10-1)12-9-18-51(50)42-20-24-48(25-21-42)65(59-36-45-11-2-4-14-52(45)53-15-5-6-17-55(53)59)49-26-28-60-63(38-49)67-62-29-23-44(37-61(62)66-60)43-22-27-58-56(35-43)54-16-7-8-19-57(54)64(58)46-31-39-30-40(33-46)34-47(64)32-39;1-34-48(41-20-25-51-49(31-41)47-14-8-9-15-50(47)52(51)42-27-35-26-36(29-42)30-43(52)28-35)32-46(33-53-34)54(44-21-16-39(17-22-44)37-10-4-2-5-11-37)45-23-18-40(19-24-45)38-12-6-3-7-13-38/h1-29,35-40,46-47H,30-34H2;2-25,31-33,35-36,42-43H,26-30H2,1H3. The predicted molar refractivity (Wildman–Crippen MR) is 502 cm³/mol. The van der Waals surface area contributed by atoms with Crippen molar-refractivity contribution in [3.63, 3.8) is 0 Å². The maximum absolute atomic E-state index is 6.88. The minimum atomic E-state index is 0.182. The molecule has 1 aliphatic heterocycles. The van der Waals surface area contributed by atoms with Gasteiger partial charge in [0.15, 0.2) is 0 Å². The van der Waals surface area contributed by atoms with Crippen LogP contribution in [-0.4, -0.2) is 4.98 Å². The Bertz CT molecular complexity index is 6860. The van der Waals surface area contributed by atoms with Crippen LogP contribution in [0.4, 0.5) is 34.1 Å². The SMILES string of the molecule is Cc1ncc(N(c2ccc(-c3ccccc3)cc2)c2ccc(-c3ccccc3)cc2)cc1-c1ccc2c(c1)-c1ccccc1C21C2CC3CC(C2)CC1C3.c1ccc2c(c1)-c1cc(-c3ccc4c(c3)Oc3ccc(N(c5ccc(-c6cccc7ccccc67)cc5)c5cc6ccccc6c6ccccc56)cc3S4)ccc1C21C2CC3CC(C2)CC1C3. The molecule has 0 N–H and O–H groups in total. The van der Waals surface area contributed by atoms with E-state index in [2.05, 4.69) is 375 Å². The molecule has 2 heterocycles. The molecule has 1 aromatic heterocycles. The van der Waals surface area contributed by atoms with E-state index in [9.17, 15) is 0 Å². The second-order valence-corrected chi connectivity index (χ2v) is 37.6. The molecular formula is C116H91N3OS. The second-order valence-electron chi connectivity index (χ2n) is 36.5. The molecule has 2 spiro atoms. The van der Waals surface area contributed by atoms with Crippen molar-refractivity contribution in [2.75, 3.05) is 9.80 Å². The maximum atomic E-state index is 6.88. The minimum Gasteiger partial charge on any atom is -0.455 e. The number of benzene rings is 16. The van der Waals surface area contributed by atoms with Crippen molar-refractivity contribution in [3.8, 4) is 89.4 Å². The summed E-state index contributed by atoms with van der Waals surface area (Å²) >= 11 is 1.80. The van der Waals surface area contributed by atoms with Crippen molar-refractivity contribution in [3.05, 3.63) is 392 Å². The van der Waals surface area contributed by atoms with Crippen molar-refractivity contribution in [2.45, 2.75) is 91.8 Å². The lowest BCUT2D eigenvalue weighted by Crippen LogP contribution is -2.55. The highest BCUT2D eigenvalue weighted by Gasteiger charge is 2.63. The van der Waals surface area contributed by atoms with Crippen LogP contribution in [0.3, 0.4) is 0 Å². The van der Waals surface area contributed by atoms with E-state index >= 15 is 0 Å². The molecular weight excluding hydrogens is 1480 g/mol.